The van der Waals surface area contributed by atoms with E-state index in [0.29, 0.717) is 13.0 Å². The van der Waals surface area contributed by atoms with Crippen molar-refractivity contribution in [3.63, 3.8) is 0 Å². The molecule has 0 spiro atoms. The molecule has 1 atom stereocenters. The zero-order chi connectivity index (χ0) is 14.3. The summed E-state index contributed by atoms with van der Waals surface area (Å²) < 4.78 is 0. The summed E-state index contributed by atoms with van der Waals surface area (Å²) in [5.41, 5.74) is 8.78. The van der Waals surface area contributed by atoms with Crippen LogP contribution in [0.1, 0.15) is 17.5 Å². The first-order valence-corrected chi connectivity index (χ1v) is 7.05. The predicted octanol–water partition coefficient (Wildman–Crippen LogP) is 0.667. The molecule has 2 aliphatic rings. The maximum atomic E-state index is 11.2. The van der Waals surface area contributed by atoms with Crippen LogP contribution in [-0.2, 0) is 17.8 Å². The number of hydrogen-bond acceptors (Lipinski definition) is 4. The summed E-state index contributed by atoms with van der Waals surface area (Å²) in [6, 6.07) is 6.55. The molecule has 1 saturated heterocycles. The largest absolute Gasteiger partial charge is 0.480 e. The van der Waals surface area contributed by atoms with Crippen molar-refractivity contribution in [1.82, 2.24) is 4.90 Å². The molecule has 1 unspecified atom stereocenters. The molecule has 1 aromatic rings. The van der Waals surface area contributed by atoms with Gasteiger partial charge in [0.05, 0.1) is 0 Å². The minimum absolute atomic E-state index is 0.430. The van der Waals surface area contributed by atoms with Crippen molar-refractivity contribution < 1.29 is 9.90 Å². The topological polar surface area (TPSA) is 69.8 Å². The van der Waals surface area contributed by atoms with Crippen LogP contribution < -0.4 is 10.6 Å². The highest BCUT2D eigenvalue weighted by Gasteiger charge is 2.41. The summed E-state index contributed by atoms with van der Waals surface area (Å²) in [5, 5.41) is 9.16. The van der Waals surface area contributed by atoms with Crippen LogP contribution in [0.25, 0.3) is 0 Å². The van der Waals surface area contributed by atoms with Crippen molar-refractivity contribution in [1.29, 1.82) is 0 Å². The zero-order valence-corrected chi connectivity index (χ0v) is 11.8. The Balaban J connectivity index is 1.69. The Morgan fingerprint density at radius 1 is 1.45 bits per heavy atom. The standard InChI is InChI=1S/C15H21N3O2/c1-17-6-4-12-8-11(2-3-13(12)17)9-18-7-5-15(16,10-18)14(19)20/h2-3,8H,4-7,9-10,16H2,1H3,(H,19,20). The summed E-state index contributed by atoms with van der Waals surface area (Å²) in [6.45, 7) is 3.04. The summed E-state index contributed by atoms with van der Waals surface area (Å²) in [6.07, 6.45) is 1.62. The van der Waals surface area contributed by atoms with E-state index >= 15 is 0 Å². The lowest BCUT2D eigenvalue weighted by Crippen LogP contribution is -2.50. The third kappa shape index (κ3) is 2.27. The van der Waals surface area contributed by atoms with Crippen molar-refractivity contribution in [2.75, 3.05) is 31.6 Å². The van der Waals surface area contributed by atoms with Gasteiger partial charge in [-0.15, -0.1) is 0 Å². The molecule has 0 amide bonds. The summed E-state index contributed by atoms with van der Waals surface area (Å²) in [4.78, 5) is 15.6. The van der Waals surface area contributed by atoms with Crippen molar-refractivity contribution in [2.45, 2.75) is 24.9 Å². The van der Waals surface area contributed by atoms with Crippen molar-refractivity contribution in [3.8, 4) is 0 Å². The Morgan fingerprint density at radius 3 is 2.95 bits per heavy atom. The molecule has 0 aromatic heterocycles. The Hall–Kier alpha value is -1.59. The molecule has 2 heterocycles. The fraction of sp³-hybridized carbons (Fsp3) is 0.533. The molecule has 0 bridgehead atoms. The minimum Gasteiger partial charge on any atom is -0.480 e. The number of likely N-dealkylation sites (tertiary alicyclic amines) is 1. The highest BCUT2D eigenvalue weighted by atomic mass is 16.4. The molecule has 3 N–H and O–H groups in total. The minimum atomic E-state index is -1.07. The number of rotatable bonds is 3. The number of likely N-dealkylation sites (N-methyl/N-ethyl adjacent to an activating group) is 1. The number of nitrogens with two attached hydrogens (primary N) is 1. The Kier molecular flexibility index (Phi) is 3.18. The molecule has 5 nitrogen and oxygen atoms in total. The molecule has 1 fully saturated rings. The molecule has 0 aliphatic carbocycles. The first-order chi connectivity index (χ1) is 9.48. The summed E-state index contributed by atoms with van der Waals surface area (Å²) in [7, 11) is 2.11. The van der Waals surface area contributed by atoms with Gasteiger partial charge in [0.2, 0.25) is 0 Å². The monoisotopic (exact) mass is 275 g/mol. The van der Waals surface area contributed by atoms with E-state index in [1.54, 1.807) is 0 Å². The molecule has 20 heavy (non-hydrogen) atoms. The number of benzene rings is 1. The molecule has 0 saturated carbocycles. The van der Waals surface area contributed by atoms with Gasteiger partial charge in [-0.05, 0) is 30.0 Å². The molecule has 5 heteroatoms. The molecular formula is C15H21N3O2. The maximum Gasteiger partial charge on any atom is 0.325 e. The van der Waals surface area contributed by atoms with E-state index in [9.17, 15) is 4.79 Å². The van der Waals surface area contributed by atoms with Gasteiger partial charge in [0.1, 0.15) is 5.54 Å². The van der Waals surface area contributed by atoms with Gasteiger partial charge >= 0.3 is 5.97 Å². The molecular weight excluding hydrogens is 254 g/mol. The SMILES string of the molecule is CN1CCc2cc(CN3CCC(N)(C(=O)O)C3)ccc21. The highest BCUT2D eigenvalue weighted by Crippen LogP contribution is 2.28. The van der Waals surface area contributed by atoms with Gasteiger partial charge in [0.15, 0.2) is 0 Å². The summed E-state index contributed by atoms with van der Waals surface area (Å²) in [5.74, 6) is -0.893. The third-order valence-corrected chi connectivity index (χ3v) is 4.48. The van der Waals surface area contributed by atoms with E-state index in [4.69, 9.17) is 10.8 Å². The van der Waals surface area contributed by atoms with Crippen LogP contribution in [0, 0.1) is 0 Å². The van der Waals surface area contributed by atoms with E-state index < -0.39 is 11.5 Å². The van der Waals surface area contributed by atoms with Crippen LogP contribution in [0.3, 0.4) is 0 Å². The normalized spacial score (nSPS) is 26.0. The fourth-order valence-electron chi connectivity index (χ4n) is 3.20. The van der Waals surface area contributed by atoms with Crippen LogP contribution in [0.2, 0.25) is 0 Å². The molecule has 0 radical (unpaired) electrons. The lowest BCUT2D eigenvalue weighted by Gasteiger charge is -2.20. The third-order valence-electron chi connectivity index (χ3n) is 4.48. The van der Waals surface area contributed by atoms with Gasteiger partial charge in [-0.3, -0.25) is 9.69 Å². The van der Waals surface area contributed by atoms with Gasteiger partial charge in [-0.2, -0.15) is 0 Å². The number of carboxylic acids is 1. The fourth-order valence-corrected chi connectivity index (χ4v) is 3.20. The van der Waals surface area contributed by atoms with Crippen LogP contribution in [0.4, 0.5) is 5.69 Å². The van der Waals surface area contributed by atoms with E-state index in [-0.39, 0.29) is 0 Å². The Bertz CT molecular complexity index is 546. The van der Waals surface area contributed by atoms with Gasteiger partial charge in [0, 0.05) is 38.9 Å². The van der Waals surface area contributed by atoms with Gasteiger partial charge in [-0.25, -0.2) is 0 Å². The molecule has 108 valence electrons. The Morgan fingerprint density at radius 2 is 2.25 bits per heavy atom. The van der Waals surface area contributed by atoms with Crippen molar-refractivity contribution >= 4 is 11.7 Å². The molecule has 1 aromatic carbocycles. The first kappa shape index (κ1) is 13.4. The van der Waals surface area contributed by atoms with Gasteiger partial charge in [-0.1, -0.05) is 12.1 Å². The average molecular weight is 275 g/mol. The van der Waals surface area contributed by atoms with Gasteiger partial charge in [0.25, 0.3) is 0 Å². The van der Waals surface area contributed by atoms with Crippen molar-refractivity contribution in [2.24, 2.45) is 5.73 Å². The van der Waals surface area contributed by atoms with Crippen LogP contribution in [-0.4, -0.2) is 48.2 Å². The lowest BCUT2D eigenvalue weighted by atomic mass is 10.0. The number of aliphatic carboxylic acids is 1. The quantitative estimate of drug-likeness (QED) is 0.848. The van der Waals surface area contributed by atoms with E-state index in [1.807, 2.05) is 0 Å². The maximum absolute atomic E-state index is 11.2. The van der Waals surface area contributed by atoms with E-state index in [2.05, 4.69) is 35.0 Å². The highest BCUT2D eigenvalue weighted by molar-refractivity contribution is 5.79. The van der Waals surface area contributed by atoms with Crippen LogP contribution in [0.5, 0.6) is 0 Å². The molecule has 3 rings (SSSR count). The second-order valence-electron chi connectivity index (χ2n) is 6.06. The molecule has 2 aliphatic heterocycles. The summed E-state index contributed by atoms with van der Waals surface area (Å²) >= 11 is 0. The smallest absolute Gasteiger partial charge is 0.325 e. The average Bonchev–Trinajstić information content (AvgIpc) is 2.95. The Labute approximate surface area is 119 Å². The number of carbonyl (C=O) groups is 1. The number of fused-ring (bicyclic) bond motifs is 1. The second-order valence-corrected chi connectivity index (χ2v) is 6.06. The predicted molar refractivity (Wildman–Crippen MR) is 77.9 cm³/mol. The van der Waals surface area contributed by atoms with Crippen LogP contribution in [0.15, 0.2) is 18.2 Å². The van der Waals surface area contributed by atoms with E-state index in [1.165, 1.54) is 16.8 Å². The van der Waals surface area contributed by atoms with Crippen molar-refractivity contribution in [3.05, 3.63) is 29.3 Å². The van der Waals surface area contributed by atoms with E-state index in [0.717, 1.165) is 26.1 Å². The zero-order valence-electron chi connectivity index (χ0n) is 11.8. The van der Waals surface area contributed by atoms with Gasteiger partial charge < -0.3 is 15.7 Å². The number of hydrogen-bond donors (Lipinski definition) is 2. The first-order valence-electron chi connectivity index (χ1n) is 7.05. The lowest BCUT2D eigenvalue weighted by molar-refractivity contribution is -0.142. The second kappa shape index (κ2) is 4.75. The van der Waals surface area contributed by atoms with Crippen LogP contribution >= 0.6 is 0 Å². The number of nitrogens with zero attached hydrogens (tertiary/aromatic N) is 2. The number of carboxylic acid groups (broad SMARTS) is 1. The number of anilines is 1.